The third-order valence-electron chi connectivity index (χ3n) is 4.22. The molecular weight excluding hydrogens is 334 g/mol. The van der Waals surface area contributed by atoms with E-state index in [9.17, 15) is 9.59 Å². The molecule has 1 unspecified atom stereocenters. The molecule has 1 aliphatic heterocycles. The number of pyridine rings is 1. The summed E-state index contributed by atoms with van der Waals surface area (Å²) in [5.74, 6) is 0.0462. The molecule has 7 nitrogen and oxygen atoms in total. The summed E-state index contributed by atoms with van der Waals surface area (Å²) in [6.45, 7) is 0.648. The Balaban J connectivity index is 1.66. The fraction of sp³-hybridized carbons (Fsp3) is 0.316. The molecule has 0 radical (unpaired) electrons. The van der Waals surface area contributed by atoms with Crippen molar-refractivity contribution >= 4 is 17.8 Å². The molecule has 2 heterocycles. The molecule has 26 heavy (non-hydrogen) atoms. The van der Waals surface area contributed by atoms with E-state index < -0.39 is 12.1 Å². The number of rotatable bonds is 5. The maximum absolute atomic E-state index is 12.9. The first-order chi connectivity index (χ1) is 12.7. The second-order valence-corrected chi connectivity index (χ2v) is 5.89. The average Bonchev–Trinajstić information content (AvgIpc) is 3.18. The number of hydroxylamine groups is 1. The molecule has 136 valence electrons. The maximum atomic E-state index is 12.9. The van der Waals surface area contributed by atoms with Crippen molar-refractivity contribution in [3.05, 3.63) is 60.3 Å². The first kappa shape index (κ1) is 17.9. The van der Waals surface area contributed by atoms with Crippen molar-refractivity contribution in [2.45, 2.75) is 25.5 Å². The molecule has 1 aromatic carbocycles. The number of aromatic nitrogens is 1. The summed E-state index contributed by atoms with van der Waals surface area (Å²) in [5, 5.41) is 1.12. The van der Waals surface area contributed by atoms with E-state index in [4.69, 9.17) is 9.57 Å². The van der Waals surface area contributed by atoms with E-state index in [0.717, 1.165) is 17.0 Å². The highest BCUT2D eigenvalue weighted by atomic mass is 16.7. The molecule has 1 atom stereocenters. The van der Waals surface area contributed by atoms with Gasteiger partial charge < -0.3 is 4.74 Å². The van der Waals surface area contributed by atoms with Crippen LogP contribution in [0.25, 0.3) is 0 Å². The zero-order chi connectivity index (χ0) is 18.4. The molecular formula is C19H21N3O4. The van der Waals surface area contributed by atoms with Crippen LogP contribution in [-0.2, 0) is 21.0 Å². The molecule has 7 heteroatoms. The van der Waals surface area contributed by atoms with Gasteiger partial charge in [0.1, 0.15) is 12.6 Å². The monoisotopic (exact) mass is 355 g/mol. The van der Waals surface area contributed by atoms with Crippen molar-refractivity contribution < 1.29 is 19.2 Å². The smallest absolute Gasteiger partial charge is 0.410 e. The number of anilines is 1. The normalized spacial score (nSPS) is 16.3. The van der Waals surface area contributed by atoms with Crippen LogP contribution in [-0.4, -0.2) is 41.6 Å². The highest BCUT2D eigenvalue weighted by Crippen LogP contribution is 2.23. The van der Waals surface area contributed by atoms with Gasteiger partial charge in [-0.05, 0) is 30.5 Å². The highest BCUT2D eigenvalue weighted by Gasteiger charge is 2.38. The molecule has 0 spiro atoms. The molecule has 2 aromatic rings. The third kappa shape index (κ3) is 4.00. The zero-order valence-electron chi connectivity index (χ0n) is 14.6. The minimum atomic E-state index is -0.625. The minimum absolute atomic E-state index is 0.172. The van der Waals surface area contributed by atoms with Crippen LogP contribution in [0.3, 0.4) is 0 Å². The van der Waals surface area contributed by atoms with Gasteiger partial charge in [-0.15, -0.1) is 0 Å². The molecule has 1 fully saturated rings. The summed E-state index contributed by atoms with van der Waals surface area (Å²) in [5.41, 5.74) is 0.898. The van der Waals surface area contributed by atoms with Gasteiger partial charge in [-0.3, -0.25) is 14.5 Å². The van der Waals surface area contributed by atoms with Gasteiger partial charge in [0, 0.05) is 12.7 Å². The van der Waals surface area contributed by atoms with E-state index in [2.05, 4.69) is 4.98 Å². The Kier molecular flexibility index (Phi) is 5.80. The minimum Gasteiger partial charge on any atom is -0.445 e. The van der Waals surface area contributed by atoms with Crippen LogP contribution in [0.4, 0.5) is 10.6 Å². The molecule has 1 aliphatic rings. The maximum Gasteiger partial charge on any atom is 0.410 e. The lowest BCUT2D eigenvalue weighted by Crippen LogP contribution is -2.48. The number of nitrogens with zero attached hydrogens (tertiary/aromatic N) is 3. The van der Waals surface area contributed by atoms with Gasteiger partial charge in [-0.25, -0.2) is 9.78 Å². The van der Waals surface area contributed by atoms with Crippen LogP contribution in [0.2, 0.25) is 0 Å². The number of carbonyl (C=O) groups excluding carboxylic acids is 2. The predicted molar refractivity (Wildman–Crippen MR) is 95.1 cm³/mol. The summed E-state index contributed by atoms with van der Waals surface area (Å²) < 4.78 is 5.37. The molecule has 0 aliphatic carbocycles. The second kappa shape index (κ2) is 8.44. The second-order valence-electron chi connectivity index (χ2n) is 5.89. The van der Waals surface area contributed by atoms with Gasteiger partial charge in [0.25, 0.3) is 5.91 Å². The van der Waals surface area contributed by atoms with Gasteiger partial charge in [0.2, 0.25) is 0 Å². The lowest BCUT2D eigenvalue weighted by atomic mass is 10.2. The number of hydrogen-bond donors (Lipinski definition) is 0. The van der Waals surface area contributed by atoms with E-state index >= 15 is 0 Å². The van der Waals surface area contributed by atoms with Crippen molar-refractivity contribution in [2.75, 3.05) is 18.7 Å². The number of amides is 2. The summed E-state index contributed by atoms with van der Waals surface area (Å²) >= 11 is 0. The molecule has 1 saturated heterocycles. The molecule has 0 saturated carbocycles. The Morgan fingerprint density at radius 1 is 1.19 bits per heavy atom. The van der Waals surface area contributed by atoms with Crippen LogP contribution in [0.15, 0.2) is 54.7 Å². The number of carbonyl (C=O) groups is 2. The molecule has 2 amide bonds. The van der Waals surface area contributed by atoms with Crippen molar-refractivity contribution in [3.8, 4) is 0 Å². The standard InChI is InChI=1S/C19H21N3O4/c1-25-22(17-11-5-6-12-20-17)18(23)16-10-7-13-21(16)19(24)26-14-15-8-3-2-4-9-15/h2-6,8-9,11-12,16H,7,10,13-14H2,1H3. The van der Waals surface area contributed by atoms with Crippen LogP contribution < -0.4 is 5.06 Å². The lowest BCUT2D eigenvalue weighted by molar-refractivity contribution is -0.129. The quantitative estimate of drug-likeness (QED) is 0.771. The molecule has 0 N–H and O–H groups in total. The fourth-order valence-electron chi connectivity index (χ4n) is 2.95. The van der Waals surface area contributed by atoms with Gasteiger partial charge in [-0.1, -0.05) is 36.4 Å². The topological polar surface area (TPSA) is 72.0 Å². The molecule has 0 bridgehead atoms. The van der Waals surface area contributed by atoms with E-state index in [1.807, 2.05) is 30.3 Å². The number of benzene rings is 1. The first-order valence-corrected chi connectivity index (χ1v) is 8.47. The van der Waals surface area contributed by atoms with E-state index in [0.29, 0.717) is 18.8 Å². The van der Waals surface area contributed by atoms with Crippen LogP contribution in [0.5, 0.6) is 0 Å². The Morgan fingerprint density at radius 3 is 2.65 bits per heavy atom. The largest absolute Gasteiger partial charge is 0.445 e. The zero-order valence-corrected chi connectivity index (χ0v) is 14.6. The van der Waals surface area contributed by atoms with Crippen LogP contribution >= 0.6 is 0 Å². The van der Waals surface area contributed by atoms with E-state index in [1.165, 1.54) is 12.0 Å². The van der Waals surface area contributed by atoms with Gasteiger partial charge >= 0.3 is 6.09 Å². The van der Waals surface area contributed by atoms with Crippen LogP contribution in [0.1, 0.15) is 18.4 Å². The summed E-state index contributed by atoms with van der Waals surface area (Å²) in [7, 11) is 1.40. The van der Waals surface area contributed by atoms with Crippen molar-refractivity contribution in [3.63, 3.8) is 0 Å². The number of likely N-dealkylation sites (tertiary alicyclic amines) is 1. The number of ether oxygens (including phenoxy) is 1. The summed E-state index contributed by atoms with van der Waals surface area (Å²) in [6, 6.07) is 14.0. The van der Waals surface area contributed by atoms with Crippen LogP contribution in [0, 0.1) is 0 Å². The predicted octanol–water partition coefficient (Wildman–Crippen LogP) is 2.78. The SMILES string of the molecule is CON(C(=O)C1CCCN1C(=O)OCc1ccccc1)c1ccccn1. The lowest BCUT2D eigenvalue weighted by Gasteiger charge is -2.27. The van der Waals surface area contributed by atoms with Crippen molar-refractivity contribution in [1.29, 1.82) is 0 Å². The summed E-state index contributed by atoms with van der Waals surface area (Å²) in [4.78, 5) is 36.1. The van der Waals surface area contributed by atoms with Gasteiger partial charge in [0.05, 0.1) is 7.11 Å². The average molecular weight is 355 g/mol. The highest BCUT2D eigenvalue weighted by molar-refractivity contribution is 5.96. The molecule has 3 rings (SSSR count). The van der Waals surface area contributed by atoms with Gasteiger partial charge in [0.15, 0.2) is 5.82 Å². The fourth-order valence-corrected chi connectivity index (χ4v) is 2.95. The van der Waals surface area contributed by atoms with E-state index in [1.54, 1.807) is 24.4 Å². The number of hydrogen-bond acceptors (Lipinski definition) is 5. The third-order valence-corrected chi connectivity index (χ3v) is 4.22. The Hall–Kier alpha value is -2.93. The summed E-state index contributed by atoms with van der Waals surface area (Å²) in [6.07, 6.45) is 2.37. The Bertz CT molecular complexity index is 739. The van der Waals surface area contributed by atoms with Crippen molar-refractivity contribution in [1.82, 2.24) is 9.88 Å². The van der Waals surface area contributed by atoms with Crippen molar-refractivity contribution in [2.24, 2.45) is 0 Å². The Morgan fingerprint density at radius 2 is 1.96 bits per heavy atom. The Labute approximate surface area is 152 Å². The van der Waals surface area contributed by atoms with E-state index in [-0.39, 0.29) is 12.5 Å². The first-order valence-electron chi connectivity index (χ1n) is 8.47. The van der Waals surface area contributed by atoms with Gasteiger partial charge in [-0.2, -0.15) is 5.06 Å². The molecule has 1 aromatic heterocycles.